The Hall–Kier alpha value is -1.59. The largest absolute Gasteiger partial charge is 0.450 e. The summed E-state index contributed by atoms with van der Waals surface area (Å²) in [5, 5.41) is 2.32. The molecule has 0 radical (unpaired) electrons. The molecule has 110 valence electrons. The Bertz CT molecular complexity index is 304. The van der Waals surface area contributed by atoms with E-state index in [-0.39, 0.29) is 5.96 Å². The second-order valence-corrected chi connectivity index (χ2v) is 4.21. The van der Waals surface area contributed by atoms with Crippen molar-refractivity contribution in [1.29, 1.82) is 0 Å². The van der Waals surface area contributed by atoms with E-state index in [0.29, 0.717) is 31.8 Å². The number of amides is 1. The minimum absolute atomic E-state index is 0.0699. The Labute approximate surface area is 114 Å². The molecule has 0 aromatic heterocycles. The van der Waals surface area contributed by atoms with Gasteiger partial charge in [-0.05, 0) is 26.2 Å². The van der Waals surface area contributed by atoms with Crippen LogP contribution >= 0.6 is 0 Å². The molecule has 0 aliphatic heterocycles. The summed E-state index contributed by atoms with van der Waals surface area (Å²) in [4.78, 5) is 26.2. The van der Waals surface area contributed by atoms with E-state index in [0.717, 1.165) is 25.7 Å². The molecule has 0 fully saturated rings. The first-order valence-electron chi connectivity index (χ1n) is 6.85. The van der Waals surface area contributed by atoms with E-state index in [4.69, 9.17) is 5.73 Å². The number of unbranched alkanes of at least 4 members (excludes halogenated alkanes) is 2. The van der Waals surface area contributed by atoms with Gasteiger partial charge < -0.3 is 10.5 Å². The van der Waals surface area contributed by atoms with Crippen LogP contribution in [0.3, 0.4) is 0 Å². The minimum atomic E-state index is -0.589. The molecule has 0 heterocycles. The number of hydrogen-bond acceptors (Lipinski definition) is 4. The average Bonchev–Trinajstić information content (AvgIpc) is 2.34. The van der Waals surface area contributed by atoms with Crippen molar-refractivity contribution < 1.29 is 14.3 Å². The summed E-state index contributed by atoms with van der Waals surface area (Å²) >= 11 is 0. The lowest BCUT2D eigenvalue weighted by molar-refractivity contribution is -0.119. The molecule has 0 spiro atoms. The van der Waals surface area contributed by atoms with E-state index in [2.05, 4.69) is 15.0 Å². The molecular formula is C13H25N3O3. The number of nitrogens with one attached hydrogen (secondary N) is 1. The smallest absolute Gasteiger partial charge is 0.413 e. The number of ether oxygens (including phenoxy) is 1. The summed E-state index contributed by atoms with van der Waals surface area (Å²) in [5.41, 5.74) is 5.49. The predicted octanol–water partition coefficient (Wildman–Crippen LogP) is 1.98. The maximum atomic E-state index is 11.3. The fourth-order valence-corrected chi connectivity index (χ4v) is 1.53. The highest BCUT2D eigenvalue weighted by atomic mass is 16.5. The number of ketones is 1. The predicted molar refractivity (Wildman–Crippen MR) is 75.0 cm³/mol. The summed E-state index contributed by atoms with van der Waals surface area (Å²) in [6.45, 7) is 4.56. The molecule has 0 rings (SSSR count). The standard InChI is InChI=1S/C13H25N3O3/c1-3-8-11(17)9-6-5-7-10-15-12(14)16-13(18)19-4-2/h3-10H2,1-2H3,(H3,14,15,16,18). The van der Waals surface area contributed by atoms with Crippen LogP contribution in [0.5, 0.6) is 0 Å². The zero-order valence-electron chi connectivity index (χ0n) is 11.9. The molecule has 0 saturated heterocycles. The lowest BCUT2D eigenvalue weighted by Gasteiger charge is -2.04. The Morgan fingerprint density at radius 1 is 1.16 bits per heavy atom. The lowest BCUT2D eigenvalue weighted by atomic mass is 10.1. The van der Waals surface area contributed by atoms with Crippen LogP contribution in [0.4, 0.5) is 4.79 Å². The number of nitrogens with zero attached hydrogens (tertiary/aromatic N) is 1. The number of carbonyl (C=O) groups is 2. The maximum Gasteiger partial charge on any atom is 0.413 e. The van der Waals surface area contributed by atoms with E-state index < -0.39 is 6.09 Å². The third-order valence-corrected chi connectivity index (χ3v) is 2.43. The van der Waals surface area contributed by atoms with Crippen LogP contribution < -0.4 is 11.1 Å². The quantitative estimate of drug-likeness (QED) is 0.381. The van der Waals surface area contributed by atoms with Crippen LogP contribution in [0, 0.1) is 0 Å². The molecule has 0 atom stereocenters. The van der Waals surface area contributed by atoms with Gasteiger partial charge in [0, 0.05) is 19.4 Å². The van der Waals surface area contributed by atoms with Gasteiger partial charge in [0.25, 0.3) is 0 Å². The van der Waals surface area contributed by atoms with Crippen LogP contribution in [0.1, 0.15) is 52.4 Å². The van der Waals surface area contributed by atoms with Gasteiger partial charge >= 0.3 is 6.09 Å². The minimum Gasteiger partial charge on any atom is -0.450 e. The Morgan fingerprint density at radius 2 is 1.89 bits per heavy atom. The van der Waals surface area contributed by atoms with Crippen molar-refractivity contribution in [2.75, 3.05) is 13.2 Å². The topological polar surface area (TPSA) is 93.8 Å². The van der Waals surface area contributed by atoms with Crippen LogP contribution in [0.15, 0.2) is 4.99 Å². The second kappa shape index (κ2) is 11.5. The Kier molecular flexibility index (Phi) is 10.5. The number of nitrogens with two attached hydrogens (primary N) is 1. The summed E-state index contributed by atoms with van der Waals surface area (Å²) < 4.78 is 4.66. The molecule has 0 bridgehead atoms. The average molecular weight is 271 g/mol. The van der Waals surface area contributed by atoms with Gasteiger partial charge in [0.2, 0.25) is 0 Å². The van der Waals surface area contributed by atoms with E-state index in [1.54, 1.807) is 6.92 Å². The normalized spacial score (nSPS) is 11.2. The molecule has 3 N–H and O–H groups in total. The van der Waals surface area contributed by atoms with Gasteiger partial charge in [0.1, 0.15) is 5.78 Å². The summed E-state index contributed by atoms with van der Waals surface area (Å²) in [7, 11) is 0. The maximum absolute atomic E-state index is 11.3. The summed E-state index contributed by atoms with van der Waals surface area (Å²) in [6.07, 6.45) is 4.33. The van der Waals surface area contributed by atoms with Crippen molar-refractivity contribution in [2.24, 2.45) is 10.7 Å². The van der Waals surface area contributed by atoms with Gasteiger partial charge in [-0.1, -0.05) is 13.3 Å². The first-order chi connectivity index (χ1) is 9.10. The molecule has 6 nitrogen and oxygen atoms in total. The van der Waals surface area contributed by atoms with Crippen LogP contribution in [0.2, 0.25) is 0 Å². The third kappa shape index (κ3) is 11.2. The number of guanidine groups is 1. The molecule has 0 aliphatic rings. The summed E-state index contributed by atoms with van der Waals surface area (Å²) in [5.74, 6) is 0.398. The van der Waals surface area contributed by atoms with Crippen molar-refractivity contribution >= 4 is 17.8 Å². The molecule has 6 heteroatoms. The highest BCUT2D eigenvalue weighted by Gasteiger charge is 2.02. The number of Topliss-reactive ketones (excluding diaryl/α,β-unsaturated/α-hetero) is 1. The van der Waals surface area contributed by atoms with Crippen LogP contribution in [0.25, 0.3) is 0 Å². The zero-order valence-corrected chi connectivity index (χ0v) is 11.9. The second-order valence-electron chi connectivity index (χ2n) is 4.21. The Morgan fingerprint density at radius 3 is 2.53 bits per heavy atom. The molecule has 19 heavy (non-hydrogen) atoms. The van der Waals surface area contributed by atoms with E-state index in [1.165, 1.54) is 0 Å². The van der Waals surface area contributed by atoms with Crippen molar-refractivity contribution in [2.45, 2.75) is 52.4 Å². The van der Waals surface area contributed by atoms with Crippen molar-refractivity contribution in [3.05, 3.63) is 0 Å². The highest BCUT2D eigenvalue weighted by Crippen LogP contribution is 2.03. The van der Waals surface area contributed by atoms with E-state index >= 15 is 0 Å². The van der Waals surface area contributed by atoms with E-state index in [1.807, 2.05) is 6.92 Å². The van der Waals surface area contributed by atoms with Crippen molar-refractivity contribution in [3.63, 3.8) is 0 Å². The first-order valence-corrected chi connectivity index (χ1v) is 6.85. The number of carbonyl (C=O) groups excluding carboxylic acids is 2. The molecular weight excluding hydrogens is 246 g/mol. The monoisotopic (exact) mass is 271 g/mol. The number of alkyl carbamates (subject to hydrolysis) is 1. The van der Waals surface area contributed by atoms with Crippen molar-refractivity contribution in [3.8, 4) is 0 Å². The number of aliphatic imine (C=N–C) groups is 1. The third-order valence-electron chi connectivity index (χ3n) is 2.43. The molecule has 0 aromatic carbocycles. The van der Waals surface area contributed by atoms with Gasteiger partial charge in [-0.2, -0.15) is 0 Å². The van der Waals surface area contributed by atoms with Gasteiger partial charge in [-0.25, -0.2) is 4.79 Å². The fourth-order valence-electron chi connectivity index (χ4n) is 1.53. The van der Waals surface area contributed by atoms with Gasteiger partial charge in [-0.15, -0.1) is 0 Å². The zero-order chi connectivity index (χ0) is 14.5. The summed E-state index contributed by atoms with van der Waals surface area (Å²) in [6, 6.07) is 0. The SMILES string of the molecule is CCCC(=O)CCCCCN=C(N)NC(=O)OCC. The number of rotatable bonds is 9. The molecule has 1 amide bonds. The van der Waals surface area contributed by atoms with Gasteiger partial charge in [-0.3, -0.25) is 15.1 Å². The fraction of sp³-hybridized carbons (Fsp3) is 0.769. The first kappa shape index (κ1) is 17.4. The van der Waals surface area contributed by atoms with E-state index in [9.17, 15) is 9.59 Å². The van der Waals surface area contributed by atoms with Crippen LogP contribution in [-0.4, -0.2) is 31.0 Å². The highest BCUT2D eigenvalue weighted by molar-refractivity contribution is 5.92. The van der Waals surface area contributed by atoms with Gasteiger partial charge in [0.05, 0.1) is 6.61 Å². The Balaban J connectivity index is 3.56. The van der Waals surface area contributed by atoms with Gasteiger partial charge in [0.15, 0.2) is 5.96 Å². The van der Waals surface area contributed by atoms with Crippen LogP contribution in [-0.2, 0) is 9.53 Å². The molecule has 0 saturated carbocycles. The molecule has 0 unspecified atom stereocenters. The molecule has 0 aromatic rings. The lowest BCUT2D eigenvalue weighted by Crippen LogP contribution is -2.37. The number of hydrogen-bond donors (Lipinski definition) is 2. The molecule has 0 aliphatic carbocycles. The van der Waals surface area contributed by atoms with Crippen molar-refractivity contribution in [1.82, 2.24) is 5.32 Å².